The lowest BCUT2D eigenvalue weighted by Gasteiger charge is -2.22. The molecular weight excluding hydrogens is 582 g/mol. The smallest absolute Gasteiger partial charge is 0.344 e. The van der Waals surface area contributed by atoms with Gasteiger partial charge < -0.3 is 14.6 Å². The largest absolute Gasteiger partial charge is 0.493 e. The molecular formula is C25H25Br2N3O5. The highest BCUT2D eigenvalue weighted by molar-refractivity contribution is 9.13. The number of nitrogens with zero attached hydrogens (tertiary/aromatic N) is 3. The molecule has 1 N–H and O–H groups in total. The standard InChI is InChI=1S/C25H25Br2N3O5/c1-14(25(32)33)35-22-19(34-2)12-16(20(26)21(22)27)13-28-30-23(15-8-4-3-5-9-15)29-18-11-7-6-10-17(18)24(30)31/h6-7,10-15H,3-5,8-9H2,1-2H3,(H,32,33)/t14-/m1/s1. The molecule has 4 rings (SSSR count). The Morgan fingerprint density at radius 2 is 1.94 bits per heavy atom. The van der Waals surface area contributed by atoms with Crippen molar-refractivity contribution in [2.24, 2.45) is 5.10 Å². The molecule has 1 aliphatic carbocycles. The van der Waals surface area contributed by atoms with Crippen LogP contribution in [0.25, 0.3) is 10.9 Å². The number of hydrogen-bond acceptors (Lipinski definition) is 6. The van der Waals surface area contributed by atoms with Crippen LogP contribution in [-0.2, 0) is 4.79 Å². The van der Waals surface area contributed by atoms with Gasteiger partial charge in [-0.25, -0.2) is 9.78 Å². The van der Waals surface area contributed by atoms with Crippen LogP contribution in [0.3, 0.4) is 0 Å². The molecule has 3 aromatic rings. The predicted octanol–water partition coefficient (Wildman–Crippen LogP) is 5.71. The van der Waals surface area contributed by atoms with Crippen LogP contribution in [-0.4, -0.2) is 40.2 Å². The number of rotatable bonds is 7. The van der Waals surface area contributed by atoms with Crippen molar-refractivity contribution < 1.29 is 19.4 Å². The van der Waals surface area contributed by atoms with Gasteiger partial charge in [-0.15, -0.1) is 0 Å². The number of aliphatic carboxylic acids is 1. The van der Waals surface area contributed by atoms with Crippen LogP contribution in [0.2, 0.25) is 0 Å². The minimum atomic E-state index is -1.10. The summed E-state index contributed by atoms with van der Waals surface area (Å²) in [6.45, 7) is 1.43. The second-order valence-corrected chi connectivity index (χ2v) is 9.99. The summed E-state index contributed by atoms with van der Waals surface area (Å²) in [4.78, 5) is 29.5. The number of aromatic nitrogens is 2. The monoisotopic (exact) mass is 605 g/mol. The van der Waals surface area contributed by atoms with Crippen LogP contribution < -0.4 is 15.0 Å². The number of halogens is 2. The van der Waals surface area contributed by atoms with E-state index in [1.807, 2.05) is 18.2 Å². The molecule has 2 aromatic carbocycles. The van der Waals surface area contributed by atoms with Crippen LogP contribution in [0.15, 0.2) is 49.2 Å². The van der Waals surface area contributed by atoms with E-state index in [0.717, 1.165) is 25.7 Å². The molecule has 35 heavy (non-hydrogen) atoms. The molecule has 1 aliphatic rings. The Bertz CT molecular complexity index is 1350. The third-order valence-corrected chi connectivity index (χ3v) is 8.22. The van der Waals surface area contributed by atoms with Gasteiger partial charge >= 0.3 is 5.97 Å². The van der Waals surface area contributed by atoms with Gasteiger partial charge in [0, 0.05) is 16.0 Å². The second kappa shape index (κ2) is 10.9. The summed E-state index contributed by atoms with van der Waals surface area (Å²) < 4.78 is 13.5. The normalized spacial score (nSPS) is 15.4. The maximum atomic E-state index is 13.4. The van der Waals surface area contributed by atoms with Gasteiger partial charge in [0.25, 0.3) is 5.56 Å². The molecule has 1 heterocycles. The maximum Gasteiger partial charge on any atom is 0.344 e. The minimum absolute atomic E-state index is 0.163. The van der Waals surface area contributed by atoms with Gasteiger partial charge in [0.05, 0.1) is 28.7 Å². The van der Waals surface area contributed by atoms with Gasteiger partial charge in [-0.2, -0.15) is 9.78 Å². The summed E-state index contributed by atoms with van der Waals surface area (Å²) >= 11 is 6.99. The van der Waals surface area contributed by atoms with Crippen molar-refractivity contribution in [2.75, 3.05) is 7.11 Å². The van der Waals surface area contributed by atoms with Gasteiger partial charge in [0.1, 0.15) is 5.82 Å². The Kier molecular flexibility index (Phi) is 7.91. The zero-order valence-corrected chi connectivity index (χ0v) is 22.5. The molecule has 0 amide bonds. The molecule has 1 fully saturated rings. The Morgan fingerprint density at radius 1 is 1.23 bits per heavy atom. The van der Waals surface area contributed by atoms with Gasteiger partial charge in [-0.3, -0.25) is 4.79 Å². The van der Waals surface area contributed by atoms with Crippen molar-refractivity contribution in [3.63, 3.8) is 0 Å². The lowest BCUT2D eigenvalue weighted by atomic mass is 9.88. The van der Waals surface area contributed by atoms with Crippen LogP contribution in [0.5, 0.6) is 11.5 Å². The van der Waals surface area contributed by atoms with Crippen LogP contribution in [0.1, 0.15) is 56.3 Å². The van der Waals surface area contributed by atoms with E-state index in [1.165, 1.54) is 25.1 Å². The van der Waals surface area contributed by atoms with Crippen molar-refractivity contribution in [3.05, 3.63) is 61.0 Å². The molecule has 0 spiro atoms. The van der Waals surface area contributed by atoms with Crippen molar-refractivity contribution in [2.45, 2.75) is 51.0 Å². The van der Waals surface area contributed by atoms with Crippen molar-refractivity contribution in [3.8, 4) is 11.5 Å². The Balaban J connectivity index is 1.80. The number of ether oxygens (including phenoxy) is 2. The summed E-state index contributed by atoms with van der Waals surface area (Å²) in [5.74, 6) is 0.308. The van der Waals surface area contributed by atoms with Crippen molar-refractivity contribution in [1.82, 2.24) is 9.66 Å². The highest BCUT2D eigenvalue weighted by Crippen LogP contribution is 2.43. The summed E-state index contributed by atoms with van der Waals surface area (Å²) in [6, 6.07) is 8.97. The number of methoxy groups -OCH3 is 1. The fourth-order valence-electron chi connectivity index (χ4n) is 4.18. The zero-order chi connectivity index (χ0) is 25.1. The lowest BCUT2D eigenvalue weighted by Crippen LogP contribution is -2.25. The first-order chi connectivity index (χ1) is 16.8. The molecule has 1 atom stereocenters. The Hall–Kier alpha value is -2.72. The fourth-order valence-corrected chi connectivity index (χ4v) is 5.10. The zero-order valence-electron chi connectivity index (χ0n) is 19.3. The first-order valence-corrected chi connectivity index (χ1v) is 12.9. The van der Waals surface area contributed by atoms with Gasteiger partial charge in [0.2, 0.25) is 0 Å². The molecule has 8 nitrogen and oxygen atoms in total. The number of benzene rings is 2. The number of carbonyl (C=O) groups is 1. The molecule has 184 valence electrons. The summed E-state index contributed by atoms with van der Waals surface area (Å²) in [5, 5.41) is 14.3. The molecule has 0 radical (unpaired) electrons. The van der Waals surface area contributed by atoms with E-state index >= 15 is 0 Å². The first-order valence-electron chi connectivity index (χ1n) is 11.3. The Morgan fingerprint density at radius 3 is 2.63 bits per heavy atom. The van der Waals surface area contributed by atoms with E-state index in [4.69, 9.17) is 14.5 Å². The topological polar surface area (TPSA) is 103 Å². The third-order valence-electron chi connectivity index (χ3n) is 6.08. The highest BCUT2D eigenvalue weighted by atomic mass is 79.9. The summed E-state index contributed by atoms with van der Waals surface area (Å²) in [6.07, 6.45) is 5.81. The molecule has 1 aromatic heterocycles. The quantitative estimate of drug-likeness (QED) is 0.346. The van der Waals surface area contributed by atoms with E-state index in [2.05, 4.69) is 37.0 Å². The average molecular weight is 607 g/mol. The van der Waals surface area contributed by atoms with Crippen molar-refractivity contribution >= 4 is 54.9 Å². The number of para-hydroxylation sites is 1. The van der Waals surface area contributed by atoms with E-state index < -0.39 is 12.1 Å². The number of carboxylic acid groups (broad SMARTS) is 1. The number of fused-ring (bicyclic) bond motifs is 1. The van der Waals surface area contributed by atoms with E-state index in [1.54, 1.807) is 18.3 Å². The van der Waals surface area contributed by atoms with Gasteiger partial charge in [-0.05, 0) is 69.8 Å². The lowest BCUT2D eigenvalue weighted by molar-refractivity contribution is -0.144. The molecule has 1 saturated carbocycles. The van der Waals surface area contributed by atoms with E-state index in [-0.39, 0.29) is 17.2 Å². The van der Waals surface area contributed by atoms with Gasteiger partial charge in [-0.1, -0.05) is 31.4 Å². The first kappa shape index (κ1) is 25.4. The molecule has 0 bridgehead atoms. The summed E-state index contributed by atoms with van der Waals surface area (Å²) in [7, 11) is 1.47. The van der Waals surface area contributed by atoms with Crippen molar-refractivity contribution in [1.29, 1.82) is 0 Å². The van der Waals surface area contributed by atoms with Crippen LogP contribution in [0, 0.1) is 0 Å². The van der Waals surface area contributed by atoms with Gasteiger partial charge in [0.15, 0.2) is 17.6 Å². The number of carboxylic acids is 1. The highest BCUT2D eigenvalue weighted by Gasteiger charge is 2.24. The average Bonchev–Trinajstić information content (AvgIpc) is 2.87. The van der Waals surface area contributed by atoms with E-state index in [0.29, 0.717) is 37.0 Å². The minimum Gasteiger partial charge on any atom is -0.493 e. The molecule has 10 heteroatoms. The maximum absolute atomic E-state index is 13.4. The fraction of sp³-hybridized carbons (Fsp3) is 0.360. The molecule has 0 saturated heterocycles. The molecule has 0 aliphatic heterocycles. The second-order valence-electron chi connectivity index (χ2n) is 8.41. The summed E-state index contributed by atoms with van der Waals surface area (Å²) in [5.41, 5.74) is 1.06. The molecule has 0 unspecified atom stereocenters. The predicted molar refractivity (Wildman–Crippen MR) is 141 cm³/mol. The Labute approximate surface area is 219 Å². The van der Waals surface area contributed by atoms with Crippen LogP contribution >= 0.6 is 31.9 Å². The SMILES string of the molecule is COc1cc(C=Nn2c(C3CCCCC3)nc3ccccc3c2=O)c(Br)c(Br)c1O[C@H](C)C(=O)O. The van der Waals surface area contributed by atoms with E-state index in [9.17, 15) is 14.7 Å². The van der Waals surface area contributed by atoms with Crippen LogP contribution in [0.4, 0.5) is 0 Å². The third kappa shape index (κ3) is 5.28. The number of hydrogen-bond donors (Lipinski definition) is 1.